The monoisotopic (exact) mass is 344 g/mol. The van der Waals surface area contributed by atoms with Crippen molar-refractivity contribution < 1.29 is 28.3 Å². The zero-order valence-corrected chi connectivity index (χ0v) is 15.7. The van der Waals surface area contributed by atoms with Crippen LogP contribution in [-0.2, 0) is 28.3 Å². The molecule has 0 rings (SSSR count). The third-order valence-electron chi connectivity index (χ3n) is 3.78. The molecular weight excluding hydrogens is 316 g/mol. The van der Waals surface area contributed by atoms with E-state index in [0.717, 1.165) is 30.3 Å². The molecule has 23 heavy (non-hydrogen) atoms. The number of ether oxygens (including phenoxy) is 2. The van der Waals surface area contributed by atoms with Crippen molar-refractivity contribution in [2.45, 2.75) is 65.3 Å². The average molecular weight is 344 g/mol. The van der Waals surface area contributed by atoms with E-state index in [2.05, 4.69) is 4.74 Å². The summed E-state index contributed by atoms with van der Waals surface area (Å²) < 4.78 is 15.5. The van der Waals surface area contributed by atoms with E-state index in [4.69, 9.17) is 9.16 Å². The van der Waals surface area contributed by atoms with Crippen LogP contribution >= 0.6 is 0 Å². The van der Waals surface area contributed by atoms with Crippen LogP contribution in [0, 0.1) is 0 Å². The first-order chi connectivity index (χ1) is 10.9. The first-order valence-corrected chi connectivity index (χ1v) is 10.7. The second-order valence-corrected chi connectivity index (χ2v) is 9.78. The summed E-state index contributed by atoms with van der Waals surface area (Å²) in [6.45, 7) is 9.67. The van der Waals surface area contributed by atoms with Crippen molar-refractivity contribution in [2.75, 3.05) is 6.61 Å². The van der Waals surface area contributed by atoms with Gasteiger partial charge in [-0.05, 0) is 31.5 Å². The van der Waals surface area contributed by atoms with Crippen LogP contribution in [0.1, 0.15) is 41.0 Å². The fourth-order valence-corrected chi connectivity index (χ4v) is 4.54. The molecule has 132 valence electrons. The van der Waals surface area contributed by atoms with Gasteiger partial charge in [0.1, 0.15) is 0 Å². The van der Waals surface area contributed by atoms with Gasteiger partial charge in [0.2, 0.25) is 0 Å². The first-order valence-electron chi connectivity index (χ1n) is 8.16. The van der Waals surface area contributed by atoms with Crippen molar-refractivity contribution in [3.05, 3.63) is 12.2 Å². The molecule has 0 N–H and O–H groups in total. The maximum absolute atomic E-state index is 12.3. The molecule has 0 fully saturated rings. The van der Waals surface area contributed by atoms with Gasteiger partial charge in [-0.15, -0.1) is 0 Å². The molecule has 6 nitrogen and oxygen atoms in total. The smallest absolute Gasteiger partial charge is 0.334 e. The summed E-state index contributed by atoms with van der Waals surface area (Å²) >= 11 is 0. The van der Waals surface area contributed by atoms with Gasteiger partial charge in [-0.3, -0.25) is 0 Å². The van der Waals surface area contributed by atoms with Gasteiger partial charge >= 0.3 is 17.9 Å². The summed E-state index contributed by atoms with van der Waals surface area (Å²) in [7, 11) is -2.09. The normalized spacial score (nSPS) is 12.7. The first kappa shape index (κ1) is 21.4. The van der Waals surface area contributed by atoms with E-state index in [9.17, 15) is 14.4 Å². The van der Waals surface area contributed by atoms with Gasteiger partial charge in [-0.2, -0.15) is 0 Å². The predicted octanol–water partition coefficient (Wildman–Crippen LogP) is 2.98. The molecular formula is C16H28O6Si. The van der Waals surface area contributed by atoms with Gasteiger partial charge in [0.15, 0.2) is 6.10 Å². The number of carbonyl (C=O) groups is 3. The SMILES string of the molecule is CCOC(=O)/C=C/C(=O)OC(CC)C(=O)O[Si](CC)(CC)CC. The van der Waals surface area contributed by atoms with Crippen molar-refractivity contribution in [1.29, 1.82) is 0 Å². The van der Waals surface area contributed by atoms with Crippen LogP contribution in [0.3, 0.4) is 0 Å². The molecule has 7 heteroatoms. The van der Waals surface area contributed by atoms with E-state index in [1.807, 2.05) is 20.8 Å². The lowest BCUT2D eigenvalue weighted by molar-refractivity contribution is -0.159. The van der Waals surface area contributed by atoms with E-state index < -0.39 is 32.3 Å². The fourth-order valence-electron chi connectivity index (χ4n) is 2.05. The molecule has 0 aromatic rings. The Balaban J connectivity index is 4.73. The van der Waals surface area contributed by atoms with E-state index in [-0.39, 0.29) is 6.61 Å². The standard InChI is InChI=1S/C16H28O6Si/c1-6-13(16(19)22-23(8-3,9-4)10-5)21-15(18)12-11-14(17)20-7-2/h11-13H,6-10H2,1-5H3/b12-11+. The van der Waals surface area contributed by atoms with Crippen molar-refractivity contribution in [2.24, 2.45) is 0 Å². The minimum atomic E-state index is -2.09. The van der Waals surface area contributed by atoms with Crippen molar-refractivity contribution >= 4 is 26.2 Å². The minimum Gasteiger partial charge on any atom is -0.516 e. The molecule has 0 saturated carbocycles. The average Bonchev–Trinajstić information content (AvgIpc) is 2.55. The van der Waals surface area contributed by atoms with Gasteiger partial charge in [0.25, 0.3) is 8.32 Å². The van der Waals surface area contributed by atoms with Crippen LogP contribution in [0.2, 0.25) is 18.1 Å². The lowest BCUT2D eigenvalue weighted by atomic mass is 10.3. The Hall–Kier alpha value is -1.63. The maximum atomic E-state index is 12.3. The van der Waals surface area contributed by atoms with Gasteiger partial charge in [-0.1, -0.05) is 27.7 Å². The van der Waals surface area contributed by atoms with Gasteiger partial charge in [-0.25, -0.2) is 14.4 Å². The number of rotatable bonds is 10. The highest BCUT2D eigenvalue weighted by atomic mass is 28.4. The maximum Gasteiger partial charge on any atom is 0.334 e. The highest BCUT2D eigenvalue weighted by Crippen LogP contribution is 2.23. The largest absolute Gasteiger partial charge is 0.516 e. The second kappa shape index (κ2) is 11.0. The third-order valence-corrected chi connectivity index (χ3v) is 8.28. The lowest BCUT2D eigenvalue weighted by Gasteiger charge is -2.29. The zero-order chi connectivity index (χ0) is 17.9. The van der Waals surface area contributed by atoms with E-state index in [1.165, 1.54) is 0 Å². The molecule has 0 saturated heterocycles. The zero-order valence-electron chi connectivity index (χ0n) is 14.7. The second-order valence-electron chi connectivity index (χ2n) is 5.08. The lowest BCUT2D eigenvalue weighted by Crippen LogP contribution is -2.42. The van der Waals surface area contributed by atoms with Gasteiger partial charge in [0, 0.05) is 12.2 Å². The Labute approximate surface area is 139 Å². The molecule has 0 aromatic carbocycles. The van der Waals surface area contributed by atoms with Crippen LogP contribution in [0.5, 0.6) is 0 Å². The molecule has 0 radical (unpaired) electrons. The van der Waals surface area contributed by atoms with Gasteiger partial charge in [0.05, 0.1) is 6.61 Å². The summed E-state index contributed by atoms with van der Waals surface area (Å²) in [5.41, 5.74) is 0. The predicted molar refractivity (Wildman–Crippen MR) is 89.2 cm³/mol. The van der Waals surface area contributed by atoms with Crippen molar-refractivity contribution in [1.82, 2.24) is 0 Å². The summed E-state index contributed by atoms with van der Waals surface area (Å²) in [5.74, 6) is -1.89. The number of esters is 2. The number of hydrogen-bond donors (Lipinski definition) is 0. The Kier molecular flexibility index (Phi) is 10.2. The van der Waals surface area contributed by atoms with Crippen LogP contribution in [0.4, 0.5) is 0 Å². The topological polar surface area (TPSA) is 78.9 Å². The van der Waals surface area contributed by atoms with Crippen molar-refractivity contribution in [3.63, 3.8) is 0 Å². The van der Waals surface area contributed by atoms with Crippen molar-refractivity contribution in [3.8, 4) is 0 Å². The molecule has 0 aliphatic carbocycles. The summed E-state index contributed by atoms with van der Waals surface area (Å²) in [4.78, 5) is 35.1. The highest BCUT2D eigenvalue weighted by molar-refractivity contribution is 6.75. The van der Waals surface area contributed by atoms with Gasteiger partial charge < -0.3 is 13.9 Å². The van der Waals surface area contributed by atoms with E-state index >= 15 is 0 Å². The van der Waals surface area contributed by atoms with Crippen LogP contribution in [0.25, 0.3) is 0 Å². The summed E-state index contributed by atoms with van der Waals surface area (Å²) in [6, 6.07) is 2.50. The summed E-state index contributed by atoms with van der Waals surface area (Å²) in [6.07, 6.45) is 1.30. The Morgan fingerprint density at radius 1 is 0.913 bits per heavy atom. The van der Waals surface area contributed by atoms with Crippen LogP contribution in [-0.4, -0.2) is 38.9 Å². The van der Waals surface area contributed by atoms with E-state index in [0.29, 0.717) is 6.42 Å². The third kappa shape index (κ3) is 7.45. The number of carbonyl (C=O) groups excluding carboxylic acids is 3. The Bertz CT molecular complexity index is 420. The quantitative estimate of drug-likeness (QED) is 0.344. The molecule has 0 spiro atoms. The highest BCUT2D eigenvalue weighted by Gasteiger charge is 2.35. The molecule has 0 aliphatic heterocycles. The molecule has 0 amide bonds. The number of hydrogen-bond acceptors (Lipinski definition) is 6. The van der Waals surface area contributed by atoms with E-state index in [1.54, 1.807) is 13.8 Å². The Morgan fingerprint density at radius 2 is 1.43 bits per heavy atom. The molecule has 1 unspecified atom stereocenters. The Morgan fingerprint density at radius 3 is 1.87 bits per heavy atom. The molecule has 0 bridgehead atoms. The molecule has 0 heterocycles. The van der Waals surface area contributed by atoms with Crippen LogP contribution < -0.4 is 0 Å². The van der Waals surface area contributed by atoms with Crippen LogP contribution in [0.15, 0.2) is 12.2 Å². The fraction of sp³-hybridized carbons (Fsp3) is 0.688. The molecule has 0 aromatic heterocycles. The molecule has 1 atom stereocenters. The molecule has 0 aliphatic rings. The summed E-state index contributed by atoms with van der Waals surface area (Å²) in [5, 5.41) is 0. The minimum absolute atomic E-state index is 0.222.